The van der Waals surface area contributed by atoms with Gasteiger partial charge in [-0.25, -0.2) is 0 Å². The molecule has 1 heterocycles. The third-order valence-corrected chi connectivity index (χ3v) is 4.64. The molecular weight excluding hydrogens is 284 g/mol. The van der Waals surface area contributed by atoms with Crippen molar-refractivity contribution in [3.05, 3.63) is 69.6 Å². The summed E-state index contributed by atoms with van der Waals surface area (Å²) in [5.74, 6) is 0. The van der Waals surface area contributed by atoms with E-state index in [4.69, 9.17) is 0 Å². The number of benzene rings is 2. The second-order valence-electron chi connectivity index (χ2n) is 4.83. The van der Waals surface area contributed by atoms with Gasteiger partial charge in [0.2, 0.25) is 0 Å². The van der Waals surface area contributed by atoms with Gasteiger partial charge in [-0.2, -0.15) is 0 Å². The molecule has 1 aromatic heterocycles. The Kier molecular flexibility index (Phi) is 3.58. The summed E-state index contributed by atoms with van der Waals surface area (Å²) in [7, 11) is 0. The summed E-state index contributed by atoms with van der Waals surface area (Å²) in [5, 5.41) is 15.5. The Morgan fingerprint density at radius 1 is 1.14 bits per heavy atom. The summed E-state index contributed by atoms with van der Waals surface area (Å²) in [6.45, 7) is 2.02. The monoisotopic (exact) mass is 298 g/mol. The topological polar surface area (TPSA) is 55.2 Å². The molecule has 1 unspecified atom stereocenters. The molecule has 0 bridgehead atoms. The number of hydrogen-bond donors (Lipinski definition) is 1. The first-order valence-corrected chi connectivity index (χ1v) is 7.45. The maximum Gasteiger partial charge on any atom is 0.292 e. The van der Waals surface area contributed by atoms with E-state index in [1.807, 2.05) is 19.1 Å². The standard InChI is InChI=1S/C16H14N2O2S/c1-11(16-10-12-6-2-5-9-15(12)21-16)17-13-7-3-4-8-14(13)18(19)20/h2-11,17H,1H3. The molecule has 0 aliphatic carbocycles. The number of nitrogens with one attached hydrogen (secondary N) is 1. The number of nitro groups is 1. The molecule has 1 N–H and O–H groups in total. The van der Waals surface area contributed by atoms with Gasteiger partial charge in [-0.05, 0) is 30.5 Å². The number of nitrogens with zero attached hydrogens (tertiary/aromatic N) is 1. The van der Waals surface area contributed by atoms with E-state index < -0.39 is 0 Å². The fourth-order valence-electron chi connectivity index (χ4n) is 2.28. The van der Waals surface area contributed by atoms with Gasteiger partial charge in [-0.3, -0.25) is 10.1 Å². The summed E-state index contributed by atoms with van der Waals surface area (Å²) in [4.78, 5) is 11.8. The van der Waals surface area contributed by atoms with Crippen LogP contribution in [0.5, 0.6) is 0 Å². The van der Waals surface area contributed by atoms with Gasteiger partial charge in [0.1, 0.15) is 5.69 Å². The highest BCUT2D eigenvalue weighted by Crippen LogP contribution is 2.33. The number of nitro benzene ring substituents is 1. The normalized spacial score (nSPS) is 12.2. The first-order chi connectivity index (χ1) is 10.1. The van der Waals surface area contributed by atoms with Crippen LogP contribution in [0.25, 0.3) is 10.1 Å². The lowest BCUT2D eigenvalue weighted by Gasteiger charge is -2.13. The van der Waals surface area contributed by atoms with Crippen molar-refractivity contribution in [2.24, 2.45) is 0 Å². The van der Waals surface area contributed by atoms with Gasteiger partial charge in [0, 0.05) is 15.6 Å². The van der Waals surface area contributed by atoms with Crippen LogP contribution in [0.3, 0.4) is 0 Å². The van der Waals surface area contributed by atoms with E-state index in [2.05, 4.69) is 23.5 Å². The molecule has 3 rings (SSSR count). The number of hydrogen-bond acceptors (Lipinski definition) is 4. The van der Waals surface area contributed by atoms with Crippen molar-refractivity contribution in [2.45, 2.75) is 13.0 Å². The van der Waals surface area contributed by atoms with E-state index in [0.29, 0.717) is 5.69 Å². The Bertz CT molecular complexity index is 765. The van der Waals surface area contributed by atoms with Crippen molar-refractivity contribution in [3.63, 3.8) is 0 Å². The second-order valence-corrected chi connectivity index (χ2v) is 5.94. The number of para-hydroxylation sites is 2. The summed E-state index contributed by atoms with van der Waals surface area (Å²) >= 11 is 1.71. The third-order valence-electron chi connectivity index (χ3n) is 3.34. The van der Waals surface area contributed by atoms with E-state index in [1.54, 1.807) is 29.5 Å². The zero-order chi connectivity index (χ0) is 14.8. The second kappa shape index (κ2) is 5.54. The summed E-state index contributed by atoms with van der Waals surface area (Å²) < 4.78 is 1.23. The van der Waals surface area contributed by atoms with E-state index in [-0.39, 0.29) is 16.7 Å². The Balaban J connectivity index is 1.89. The zero-order valence-electron chi connectivity index (χ0n) is 11.4. The summed E-state index contributed by atoms with van der Waals surface area (Å²) in [6.07, 6.45) is 0. The lowest BCUT2D eigenvalue weighted by atomic mass is 10.2. The molecule has 3 aromatic rings. The number of rotatable bonds is 4. The quantitative estimate of drug-likeness (QED) is 0.545. The maximum absolute atomic E-state index is 11.0. The molecule has 5 heteroatoms. The highest BCUT2D eigenvalue weighted by molar-refractivity contribution is 7.19. The van der Waals surface area contributed by atoms with E-state index in [0.717, 1.165) is 4.88 Å². The van der Waals surface area contributed by atoms with Crippen molar-refractivity contribution in [2.75, 3.05) is 5.32 Å². The minimum Gasteiger partial charge on any atom is -0.372 e. The molecule has 0 saturated carbocycles. The predicted octanol–water partition coefficient (Wildman–Crippen LogP) is 4.98. The van der Waals surface area contributed by atoms with Crippen LogP contribution in [0.4, 0.5) is 11.4 Å². The number of thiophene rings is 1. The summed E-state index contributed by atoms with van der Waals surface area (Å²) in [5.41, 5.74) is 0.651. The van der Waals surface area contributed by atoms with Crippen LogP contribution in [-0.4, -0.2) is 4.92 Å². The van der Waals surface area contributed by atoms with E-state index in [9.17, 15) is 10.1 Å². The van der Waals surface area contributed by atoms with Crippen LogP contribution < -0.4 is 5.32 Å². The van der Waals surface area contributed by atoms with Gasteiger partial charge in [0.05, 0.1) is 11.0 Å². The molecule has 0 amide bonds. The van der Waals surface area contributed by atoms with Crippen LogP contribution in [0, 0.1) is 10.1 Å². The zero-order valence-corrected chi connectivity index (χ0v) is 12.3. The van der Waals surface area contributed by atoms with Crippen molar-refractivity contribution in [1.82, 2.24) is 0 Å². The molecular formula is C16H14N2O2S. The first kappa shape index (κ1) is 13.6. The smallest absolute Gasteiger partial charge is 0.292 e. The fraction of sp³-hybridized carbons (Fsp3) is 0.125. The first-order valence-electron chi connectivity index (χ1n) is 6.63. The van der Waals surface area contributed by atoms with Crippen LogP contribution in [-0.2, 0) is 0 Å². The van der Waals surface area contributed by atoms with Gasteiger partial charge < -0.3 is 5.32 Å². The average Bonchev–Trinajstić information content (AvgIpc) is 2.91. The molecule has 0 spiro atoms. The SMILES string of the molecule is CC(Nc1ccccc1[N+](=O)[O-])c1cc2ccccc2s1. The van der Waals surface area contributed by atoms with Gasteiger partial charge in [-0.1, -0.05) is 30.3 Å². The van der Waals surface area contributed by atoms with Crippen molar-refractivity contribution in [1.29, 1.82) is 0 Å². The molecule has 21 heavy (non-hydrogen) atoms. The highest BCUT2D eigenvalue weighted by Gasteiger charge is 2.16. The molecule has 0 radical (unpaired) electrons. The lowest BCUT2D eigenvalue weighted by molar-refractivity contribution is -0.384. The van der Waals surface area contributed by atoms with Gasteiger partial charge >= 0.3 is 0 Å². The molecule has 106 valence electrons. The van der Waals surface area contributed by atoms with Crippen LogP contribution in [0.15, 0.2) is 54.6 Å². The van der Waals surface area contributed by atoms with Crippen LogP contribution >= 0.6 is 11.3 Å². The third kappa shape index (κ3) is 2.73. The van der Waals surface area contributed by atoms with Crippen molar-refractivity contribution in [3.8, 4) is 0 Å². The fourth-order valence-corrected chi connectivity index (χ4v) is 3.34. The predicted molar refractivity (Wildman–Crippen MR) is 87.0 cm³/mol. The van der Waals surface area contributed by atoms with Crippen LogP contribution in [0.2, 0.25) is 0 Å². The Morgan fingerprint density at radius 2 is 1.86 bits per heavy atom. The minimum absolute atomic E-state index is 0.0171. The minimum atomic E-state index is -0.361. The van der Waals surface area contributed by atoms with Crippen molar-refractivity contribution < 1.29 is 4.92 Å². The molecule has 1 atom stereocenters. The largest absolute Gasteiger partial charge is 0.372 e. The van der Waals surface area contributed by atoms with Gasteiger partial charge in [0.25, 0.3) is 5.69 Å². The Labute approximate surface area is 126 Å². The molecule has 0 aliphatic heterocycles. The number of fused-ring (bicyclic) bond motifs is 1. The Morgan fingerprint density at radius 3 is 2.62 bits per heavy atom. The Hall–Kier alpha value is -2.40. The van der Waals surface area contributed by atoms with E-state index in [1.165, 1.54) is 16.2 Å². The van der Waals surface area contributed by atoms with Gasteiger partial charge in [0.15, 0.2) is 0 Å². The molecule has 4 nitrogen and oxygen atoms in total. The van der Waals surface area contributed by atoms with Crippen molar-refractivity contribution >= 4 is 32.8 Å². The average molecular weight is 298 g/mol. The molecule has 0 saturated heterocycles. The van der Waals surface area contributed by atoms with Crippen LogP contribution in [0.1, 0.15) is 17.8 Å². The highest BCUT2D eigenvalue weighted by atomic mass is 32.1. The van der Waals surface area contributed by atoms with Gasteiger partial charge in [-0.15, -0.1) is 11.3 Å². The number of anilines is 1. The molecule has 0 fully saturated rings. The molecule has 2 aromatic carbocycles. The molecule has 0 aliphatic rings. The van der Waals surface area contributed by atoms with E-state index >= 15 is 0 Å². The lowest BCUT2D eigenvalue weighted by Crippen LogP contribution is -2.06. The maximum atomic E-state index is 11.0. The summed E-state index contributed by atoms with van der Waals surface area (Å²) in [6, 6.07) is 17.1.